The first-order valence-corrected chi connectivity index (χ1v) is 7.39. The quantitative estimate of drug-likeness (QED) is 0.836. The van der Waals surface area contributed by atoms with Crippen molar-refractivity contribution in [2.24, 2.45) is 0 Å². The average molecular weight is 306 g/mol. The summed E-state index contributed by atoms with van der Waals surface area (Å²) < 4.78 is 11.2. The maximum atomic E-state index is 6.09. The Morgan fingerprint density at radius 1 is 1.05 bits per heavy atom. The predicted octanol–water partition coefficient (Wildman–Crippen LogP) is 4.08. The van der Waals surface area contributed by atoms with Crippen LogP contribution >= 0.6 is 11.6 Å². The monoisotopic (exact) mass is 305 g/mol. The molecular formula is C17H20ClNO2. The second kappa shape index (κ2) is 7.91. The largest absolute Gasteiger partial charge is 0.494 e. The van der Waals surface area contributed by atoms with E-state index in [9.17, 15) is 0 Å². The molecule has 0 aliphatic heterocycles. The maximum absolute atomic E-state index is 6.09. The van der Waals surface area contributed by atoms with E-state index in [0.29, 0.717) is 24.0 Å². The molecule has 1 N–H and O–H groups in total. The van der Waals surface area contributed by atoms with E-state index >= 15 is 0 Å². The average Bonchev–Trinajstić information content (AvgIpc) is 2.51. The zero-order valence-corrected chi connectivity index (χ0v) is 13.1. The van der Waals surface area contributed by atoms with Crippen LogP contribution in [0.15, 0.2) is 48.5 Å². The van der Waals surface area contributed by atoms with Gasteiger partial charge in [0.05, 0.1) is 17.7 Å². The van der Waals surface area contributed by atoms with Crippen LogP contribution in [0.1, 0.15) is 18.5 Å². The second-order valence-electron chi connectivity index (χ2n) is 4.58. The van der Waals surface area contributed by atoms with Crippen molar-refractivity contribution in [3.8, 4) is 11.5 Å². The molecular weight excluding hydrogens is 286 g/mol. The van der Waals surface area contributed by atoms with E-state index in [1.165, 1.54) is 0 Å². The number of benzene rings is 2. The molecule has 0 aliphatic carbocycles. The summed E-state index contributed by atoms with van der Waals surface area (Å²) in [6.07, 6.45) is 0. The molecule has 2 aromatic carbocycles. The Labute approximate surface area is 130 Å². The van der Waals surface area contributed by atoms with Gasteiger partial charge in [-0.05, 0) is 43.8 Å². The van der Waals surface area contributed by atoms with Crippen molar-refractivity contribution >= 4 is 11.6 Å². The van der Waals surface area contributed by atoms with Crippen LogP contribution in [-0.2, 0) is 0 Å². The van der Waals surface area contributed by atoms with Crippen molar-refractivity contribution in [2.75, 3.05) is 20.3 Å². The van der Waals surface area contributed by atoms with Gasteiger partial charge in [0.1, 0.15) is 18.1 Å². The summed E-state index contributed by atoms with van der Waals surface area (Å²) in [5.41, 5.74) is 1.15. The van der Waals surface area contributed by atoms with Gasteiger partial charge in [-0.25, -0.2) is 0 Å². The van der Waals surface area contributed by atoms with Crippen molar-refractivity contribution in [1.29, 1.82) is 0 Å². The van der Waals surface area contributed by atoms with Gasteiger partial charge < -0.3 is 14.8 Å². The molecule has 1 unspecified atom stereocenters. The lowest BCUT2D eigenvalue weighted by Crippen LogP contribution is -2.23. The van der Waals surface area contributed by atoms with Gasteiger partial charge in [-0.15, -0.1) is 0 Å². The van der Waals surface area contributed by atoms with Crippen molar-refractivity contribution in [2.45, 2.75) is 13.0 Å². The number of para-hydroxylation sites is 1. The topological polar surface area (TPSA) is 30.5 Å². The lowest BCUT2D eigenvalue weighted by molar-refractivity contribution is 0.273. The molecule has 112 valence electrons. The Balaban J connectivity index is 2.01. The number of nitrogens with one attached hydrogen (secondary N) is 1. The summed E-state index contributed by atoms with van der Waals surface area (Å²) in [5.74, 6) is 1.58. The summed E-state index contributed by atoms with van der Waals surface area (Å²) in [6.45, 7) is 3.15. The van der Waals surface area contributed by atoms with Gasteiger partial charge in [-0.1, -0.05) is 35.9 Å². The Bertz CT molecular complexity index is 557. The molecule has 0 aromatic heterocycles. The third-order valence-electron chi connectivity index (χ3n) is 3.18. The SMILES string of the molecule is CCOc1ccc(C(COc2ccccc2Cl)NC)cc1. The van der Waals surface area contributed by atoms with E-state index in [0.717, 1.165) is 11.3 Å². The van der Waals surface area contributed by atoms with Crippen LogP contribution in [0.5, 0.6) is 11.5 Å². The molecule has 2 rings (SSSR count). The summed E-state index contributed by atoms with van der Waals surface area (Å²) in [7, 11) is 1.91. The van der Waals surface area contributed by atoms with Crippen LogP contribution in [0.3, 0.4) is 0 Å². The molecule has 0 spiro atoms. The normalized spacial score (nSPS) is 12.0. The molecule has 0 fully saturated rings. The number of hydrogen-bond acceptors (Lipinski definition) is 3. The van der Waals surface area contributed by atoms with E-state index in [-0.39, 0.29) is 6.04 Å². The lowest BCUT2D eigenvalue weighted by atomic mass is 10.1. The lowest BCUT2D eigenvalue weighted by Gasteiger charge is -2.18. The van der Waals surface area contributed by atoms with Crippen LogP contribution in [0.4, 0.5) is 0 Å². The van der Waals surface area contributed by atoms with E-state index in [2.05, 4.69) is 5.32 Å². The van der Waals surface area contributed by atoms with Crippen LogP contribution < -0.4 is 14.8 Å². The van der Waals surface area contributed by atoms with Crippen molar-refractivity contribution in [1.82, 2.24) is 5.32 Å². The second-order valence-corrected chi connectivity index (χ2v) is 4.99. The number of hydrogen-bond donors (Lipinski definition) is 1. The minimum atomic E-state index is 0.0944. The van der Waals surface area contributed by atoms with Gasteiger partial charge in [0.25, 0.3) is 0 Å². The van der Waals surface area contributed by atoms with Gasteiger partial charge in [-0.3, -0.25) is 0 Å². The van der Waals surface area contributed by atoms with E-state index in [1.807, 2.05) is 62.5 Å². The third kappa shape index (κ3) is 4.38. The van der Waals surface area contributed by atoms with E-state index in [4.69, 9.17) is 21.1 Å². The molecule has 0 radical (unpaired) electrons. The van der Waals surface area contributed by atoms with Crippen molar-refractivity contribution < 1.29 is 9.47 Å². The molecule has 2 aromatic rings. The van der Waals surface area contributed by atoms with Gasteiger partial charge in [0.2, 0.25) is 0 Å². The van der Waals surface area contributed by atoms with Crippen LogP contribution in [0.25, 0.3) is 0 Å². The molecule has 0 amide bonds. The number of halogens is 1. The fourth-order valence-corrected chi connectivity index (χ4v) is 2.23. The van der Waals surface area contributed by atoms with Gasteiger partial charge in [-0.2, -0.15) is 0 Å². The smallest absolute Gasteiger partial charge is 0.137 e. The third-order valence-corrected chi connectivity index (χ3v) is 3.50. The van der Waals surface area contributed by atoms with Crippen molar-refractivity contribution in [3.63, 3.8) is 0 Å². The first-order chi connectivity index (χ1) is 10.2. The molecule has 0 aliphatic rings. The highest BCUT2D eigenvalue weighted by Gasteiger charge is 2.11. The molecule has 1 atom stereocenters. The molecule has 0 saturated heterocycles. The Morgan fingerprint density at radius 2 is 1.76 bits per heavy atom. The van der Waals surface area contributed by atoms with Crippen LogP contribution in [0.2, 0.25) is 5.02 Å². The zero-order valence-electron chi connectivity index (χ0n) is 12.3. The standard InChI is InChI=1S/C17H20ClNO2/c1-3-20-14-10-8-13(9-11-14)16(19-2)12-21-17-7-5-4-6-15(17)18/h4-11,16,19H,3,12H2,1-2H3. The highest BCUT2D eigenvalue weighted by Crippen LogP contribution is 2.25. The summed E-state index contributed by atoms with van der Waals surface area (Å²) in [5, 5.41) is 3.87. The minimum Gasteiger partial charge on any atom is -0.494 e. The number of rotatable bonds is 7. The maximum Gasteiger partial charge on any atom is 0.137 e. The Hall–Kier alpha value is -1.71. The van der Waals surface area contributed by atoms with Gasteiger partial charge in [0.15, 0.2) is 0 Å². The minimum absolute atomic E-state index is 0.0944. The highest BCUT2D eigenvalue weighted by atomic mass is 35.5. The predicted molar refractivity (Wildman–Crippen MR) is 86.4 cm³/mol. The number of likely N-dealkylation sites (N-methyl/N-ethyl adjacent to an activating group) is 1. The Morgan fingerprint density at radius 3 is 2.38 bits per heavy atom. The van der Waals surface area contributed by atoms with Crippen LogP contribution in [0, 0.1) is 0 Å². The fourth-order valence-electron chi connectivity index (χ4n) is 2.04. The van der Waals surface area contributed by atoms with Crippen molar-refractivity contribution in [3.05, 3.63) is 59.1 Å². The van der Waals surface area contributed by atoms with E-state index < -0.39 is 0 Å². The fraction of sp³-hybridized carbons (Fsp3) is 0.294. The highest BCUT2D eigenvalue weighted by molar-refractivity contribution is 6.32. The molecule has 0 heterocycles. The summed E-state index contributed by atoms with van der Waals surface area (Å²) in [4.78, 5) is 0. The molecule has 21 heavy (non-hydrogen) atoms. The van der Waals surface area contributed by atoms with Gasteiger partial charge >= 0.3 is 0 Å². The zero-order chi connectivity index (χ0) is 15.1. The summed E-state index contributed by atoms with van der Waals surface area (Å²) >= 11 is 6.09. The van der Waals surface area contributed by atoms with E-state index in [1.54, 1.807) is 0 Å². The summed E-state index contributed by atoms with van der Waals surface area (Å²) in [6, 6.07) is 15.6. The molecule has 0 bridgehead atoms. The number of ether oxygens (including phenoxy) is 2. The molecule has 0 saturated carbocycles. The molecule has 3 nitrogen and oxygen atoms in total. The first kappa shape index (κ1) is 15.7. The van der Waals surface area contributed by atoms with Gasteiger partial charge in [0, 0.05) is 0 Å². The van der Waals surface area contributed by atoms with Crippen LogP contribution in [-0.4, -0.2) is 20.3 Å². The Kier molecular flexibility index (Phi) is 5.90. The first-order valence-electron chi connectivity index (χ1n) is 7.02. The molecule has 4 heteroatoms.